The summed E-state index contributed by atoms with van der Waals surface area (Å²) in [6, 6.07) is 18.6. The molecule has 0 radical (unpaired) electrons. The van der Waals surface area contributed by atoms with Gasteiger partial charge in [-0.3, -0.25) is 19.9 Å². The number of rotatable bonds is 7. The molecular formula is C21H16N2O4. The second-order valence-corrected chi connectivity index (χ2v) is 5.68. The number of nitrogens with zero attached hydrogens (tertiary/aromatic N) is 2. The lowest BCUT2D eigenvalue weighted by Crippen LogP contribution is -1.97. The highest BCUT2D eigenvalue weighted by molar-refractivity contribution is 6.07. The summed E-state index contributed by atoms with van der Waals surface area (Å²) in [6.07, 6.45) is 4.76. The number of carbonyl (C=O) groups is 1. The Bertz CT molecular complexity index is 967. The Hall–Kier alpha value is -3.80. The average molecular weight is 360 g/mol. The zero-order valence-electron chi connectivity index (χ0n) is 14.3. The smallest absolute Gasteiger partial charge is 0.270 e. The van der Waals surface area contributed by atoms with Gasteiger partial charge in [-0.15, -0.1) is 0 Å². The molecular weight excluding hydrogens is 344 g/mol. The molecule has 0 saturated carbocycles. The zero-order chi connectivity index (χ0) is 19.1. The predicted octanol–water partition coefficient (Wildman–Crippen LogP) is 4.46. The number of non-ortho nitro benzene ring substituents is 1. The summed E-state index contributed by atoms with van der Waals surface area (Å²) >= 11 is 0. The first kappa shape index (κ1) is 18.0. The van der Waals surface area contributed by atoms with Gasteiger partial charge in [-0.2, -0.15) is 0 Å². The summed E-state index contributed by atoms with van der Waals surface area (Å²) < 4.78 is 5.66. The summed E-state index contributed by atoms with van der Waals surface area (Å²) in [5.74, 6) is 0.400. The molecule has 3 aromatic rings. The third-order valence-electron chi connectivity index (χ3n) is 3.76. The molecule has 1 heterocycles. The second-order valence-electron chi connectivity index (χ2n) is 5.68. The molecule has 0 aliphatic rings. The first-order chi connectivity index (χ1) is 13.1. The SMILES string of the molecule is O=C(C=Cc1ccc(OCc2ccccn2)cc1)c1cccc([N+](=O)[O-])c1. The lowest BCUT2D eigenvalue weighted by atomic mass is 10.1. The number of nitro benzene ring substituents is 1. The van der Waals surface area contributed by atoms with Crippen molar-refractivity contribution in [2.24, 2.45) is 0 Å². The third kappa shape index (κ3) is 5.09. The fourth-order valence-corrected chi connectivity index (χ4v) is 2.36. The van der Waals surface area contributed by atoms with Gasteiger partial charge in [0.05, 0.1) is 10.6 Å². The average Bonchev–Trinajstić information content (AvgIpc) is 2.72. The van der Waals surface area contributed by atoms with Gasteiger partial charge < -0.3 is 4.74 Å². The number of aromatic nitrogens is 1. The van der Waals surface area contributed by atoms with Gasteiger partial charge in [0.2, 0.25) is 0 Å². The van der Waals surface area contributed by atoms with E-state index in [0.717, 1.165) is 11.3 Å². The van der Waals surface area contributed by atoms with Crippen LogP contribution in [0, 0.1) is 10.1 Å². The van der Waals surface area contributed by atoms with Crippen molar-refractivity contribution in [1.29, 1.82) is 0 Å². The van der Waals surface area contributed by atoms with Crippen LogP contribution in [0.1, 0.15) is 21.6 Å². The molecule has 0 N–H and O–H groups in total. The van der Waals surface area contributed by atoms with E-state index in [2.05, 4.69) is 4.98 Å². The van der Waals surface area contributed by atoms with Crippen LogP contribution in [0.3, 0.4) is 0 Å². The Balaban J connectivity index is 1.61. The Labute approximate surface area is 155 Å². The van der Waals surface area contributed by atoms with Gasteiger partial charge in [0, 0.05) is 23.9 Å². The van der Waals surface area contributed by atoms with Gasteiger partial charge in [-0.05, 0) is 35.9 Å². The number of ether oxygens (including phenoxy) is 1. The molecule has 6 heteroatoms. The van der Waals surface area contributed by atoms with E-state index in [1.165, 1.54) is 24.3 Å². The van der Waals surface area contributed by atoms with Crippen LogP contribution in [0.4, 0.5) is 5.69 Å². The van der Waals surface area contributed by atoms with Crippen LogP contribution in [0.5, 0.6) is 5.75 Å². The largest absolute Gasteiger partial charge is 0.487 e. The number of carbonyl (C=O) groups excluding carboxylic acids is 1. The van der Waals surface area contributed by atoms with E-state index in [4.69, 9.17) is 4.74 Å². The molecule has 2 aromatic carbocycles. The van der Waals surface area contributed by atoms with Crippen LogP contribution < -0.4 is 4.74 Å². The minimum atomic E-state index is -0.524. The predicted molar refractivity (Wildman–Crippen MR) is 101 cm³/mol. The molecule has 0 aliphatic heterocycles. The minimum Gasteiger partial charge on any atom is -0.487 e. The molecule has 0 unspecified atom stereocenters. The summed E-state index contributed by atoms with van der Waals surface area (Å²) in [6.45, 7) is 0.376. The van der Waals surface area contributed by atoms with E-state index >= 15 is 0 Å². The number of hydrogen-bond donors (Lipinski definition) is 0. The molecule has 0 atom stereocenters. The number of benzene rings is 2. The monoisotopic (exact) mass is 360 g/mol. The lowest BCUT2D eigenvalue weighted by Gasteiger charge is -2.05. The standard InChI is InChI=1S/C21H16N2O4/c24-21(17-4-3-6-19(14-17)23(25)26)12-9-16-7-10-20(11-8-16)27-15-18-5-1-2-13-22-18/h1-14H,15H2. The highest BCUT2D eigenvalue weighted by atomic mass is 16.6. The lowest BCUT2D eigenvalue weighted by molar-refractivity contribution is -0.384. The maximum atomic E-state index is 12.2. The highest BCUT2D eigenvalue weighted by Gasteiger charge is 2.09. The zero-order valence-corrected chi connectivity index (χ0v) is 14.3. The van der Waals surface area contributed by atoms with E-state index < -0.39 is 4.92 Å². The van der Waals surface area contributed by atoms with E-state index in [9.17, 15) is 14.9 Å². The van der Waals surface area contributed by atoms with Gasteiger partial charge in [-0.1, -0.05) is 36.4 Å². The van der Waals surface area contributed by atoms with E-state index in [1.54, 1.807) is 30.5 Å². The van der Waals surface area contributed by atoms with E-state index in [0.29, 0.717) is 12.4 Å². The summed E-state index contributed by atoms with van der Waals surface area (Å²) in [5, 5.41) is 10.8. The quantitative estimate of drug-likeness (QED) is 0.269. The van der Waals surface area contributed by atoms with Crippen molar-refractivity contribution in [2.75, 3.05) is 0 Å². The number of pyridine rings is 1. The first-order valence-electron chi connectivity index (χ1n) is 8.21. The Morgan fingerprint density at radius 2 is 1.89 bits per heavy atom. The maximum Gasteiger partial charge on any atom is 0.270 e. The molecule has 0 saturated heterocycles. The van der Waals surface area contributed by atoms with E-state index in [-0.39, 0.29) is 17.0 Å². The van der Waals surface area contributed by atoms with Gasteiger partial charge in [0.15, 0.2) is 5.78 Å². The molecule has 27 heavy (non-hydrogen) atoms. The van der Waals surface area contributed by atoms with E-state index in [1.807, 2.05) is 30.3 Å². The number of nitro groups is 1. The van der Waals surface area contributed by atoms with Crippen molar-refractivity contribution in [3.8, 4) is 5.75 Å². The van der Waals surface area contributed by atoms with Crippen LogP contribution >= 0.6 is 0 Å². The highest BCUT2D eigenvalue weighted by Crippen LogP contribution is 2.16. The Morgan fingerprint density at radius 1 is 1.07 bits per heavy atom. The van der Waals surface area contributed by atoms with Gasteiger partial charge in [0.25, 0.3) is 5.69 Å². The van der Waals surface area contributed by atoms with Crippen LogP contribution in [-0.2, 0) is 6.61 Å². The van der Waals surface area contributed by atoms with Crippen molar-refractivity contribution in [2.45, 2.75) is 6.61 Å². The summed E-state index contributed by atoms with van der Waals surface area (Å²) in [4.78, 5) is 26.6. The molecule has 0 fully saturated rings. The fourth-order valence-electron chi connectivity index (χ4n) is 2.36. The molecule has 1 aromatic heterocycles. The van der Waals surface area contributed by atoms with Gasteiger partial charge in [-0.25, -0.2) is 0 Å². The van der Waals surface area contributed by atoms with Crippen LogP contribution in [0.15, 0.2) is 79.0 Å². The second kappa shape index (κ2) is 8.53. The molecule has 6 nitrogen and oxygen atoms in total. The van der Waals surface area contributed by atoms with Gasteiger partial charge >= 0.3 is 0 Å². The molecule has 0 aliphatic carbocycles. The van der Waals surface area contributed by atoms with Crippen LogP contribution in [0.25, 0.3) is 6.08 Å². The molecule has 134 valence electrons. The number of allylic oxidation sites excluding steroid dienone is 1. The third-order valence-corrected chi connectivity index (χ3v) is 3.76. The number of ketones is 1. The molecule has 0 amide bonds. The van der Waals surface area contributed by atoms with Crippen molar-refractivity contribution in [3.63, 3.8) is 0 Å². The molecule has 0 bridgehead atoms. The summed E-state index contributed by atoms with van der Waals surface area (Å²) in [7, 11) is 0. The molecule has 3 rings (SSSR count). The van der Waals surface area contributed by atoms with Crippen molar-refractivity contribution in [3.05, 3.63) is 106 Å². The normalized spacial score (nSPS) is 10.7. The summed E-state index contributed by atoms with van der Waals surface area (Å²) in [5.41, 5.74) is 1.82. The Morgan fingerprint density at radius 3 is 2.59 bits per heavy atom. The van der Waals surface area contributed by atoms with Gasteiger partial charge in [0.1, 0.15) is 12.4 Å². The van der Waals surface area contributed by atoms with Crippen molar-refractivity contribution in [1.82, 2.24) is 4.98 Å². The maximum absolute atomic E-state index is 12.2. The topological polar surface area (TPSA) is 82.3 Å². The van der Waals surface area contributed by atoms with Crippen molar-refractivity contribution < 1.29 is 14.5 Å². The van der Waals surface area contributed by atoms with Crippen LogP contribution in [0.2, 0.25) is 0 Å². The van der Waals surface area contributed by atoms with Crippen LogP contribution in [-0.4, -0.2) is 15.7 Å². The fraction of sp³-hybridized carbons (Fsp3) is 0.0476. The van der Waals surface area contributed by atoms with Crippen molar-refractivity contribution >= 4 is 17.5 Å². The number of hydrogen-bond acceptors (Lipinski definition) is 5. The first-order valence-corrected chi connectivity index (χ1v) is 8.21. The molecule has 0 spiro atoms. The Kier molecular flexibility index (Phi) is 5.69. The minimum absolute atomic E-state index is 0.108.